The molecule has 2 aliphatic rings. The summed E-state index contributed by atoms with van der Waals surface area (Å²) in [7, 11) is 1.92. The first-order valence-electron chi connectivity index (χ1n) is 10.3. The van der Waals surface area contributed by atoms with Crippen molar-refractivity contribution >= 4 is 6.03 Å². The maximum atomic E-state index is 13.1. The van der Waals surface area contributed by atoms with Crippen LogP contribution in [-0.4, -0.2) is 53.0 Å². The van der Waals surface area contributed by atoms with Crippen LogP contribution in [0, 0.1) is 0 Å². The van der Waals surface area contributed by atoms with Crippen LogP contribution in [0.5, 0.6) is 0 Å². The van der Waals surface area contributed by atoms with Crippen LogP contribution in [-0.2, 0) is 0 Å². The van der Waals surface area contributed by atoms with Gasteiger partial charge in [0, 0.05) is 26.0 Å². The molecule has 144 valence electrons. The zero-order valence-corrected chi connectivity index (χ0v) is 16.4. The molecule has 26 heavy (non-hydrogen) atoms. The summed E-state index contributed by atoms with van der Waals surface area (Å²) in [6.45, 7) is 5.50. The molecule has 1 aliphatic heterocycles. The molecule has 2 fully saturated rings. The van der Waals surface area contributed by atoms with Gasteiger partial charge in [0.1, 0.15) is 0 Å². The first kappa shape index (κ1) is 19.2. The van der Waals surface area contributed by atoms with Gasteiger partial charge in [0.2, 0.25) is 0 Å². The Morgan fingerprint density at radius 1 is 1.27 bits per heavy atom. The Bertz CT molecular complexity index is 565. The molecule has 0 aromatic carbocycles. The van der Waals surface area contributed by atoms with Crippen molar-refractivity contribution in [2.45, 2.75) is 69.9 Å². The number of likely N-dealkylation sites (tertiary alicyclic amines) is 1. The number of pyridine rings is 1. The fourth-order valence-electron chi connectivity index (χ4n) is 4.68. The van der Waals surface area contributed by atoms with Crippen molar-refractivity contribution in [1.29, 1.82) is 0 Å². The fraction of sp³-hybridized carbons (Fsp3) is 0.714. The summed E-state index contributed by atoms with van der Waals surface area (Å²) in [5, 5.41) is 3.47. The van der Waals surface area contributed by atoms with E-state index in [0.717, 1.165) is 31.4 Å². The van der Waals surface area contributed by atoms with Crippen molar-refractivity contribution in [3.8, 4) is 0 Å². The number of aromatic nitrogens is 1. The third kappa shape index (κ3) is 4.56. The summed E-state index contributed by atoms with van der Waals surface area (Å²) in [5.41, 5.74) is 1.05. The predicted molar refractivity (Wildman–Crippen MR) is 105 cm³/mol. The molecule has 1 aliphatic carbocycles. The van der Waals surface area contributed by atoms with Crippen molar-refractivity contribution in [1.82, 2.24) is 20.1 Å². The maximum absolute atomic E-state index is 13.1. The molecule has 1 aromatic heterocycles. The molecule has 1 saturated heterocycles. The first-order chi connectivity index (χ1) is 12.6. The number of hydrogen-bond donors (Lipinski definition) is 1. The van der Waals surface area contributed by atoms with Crippen LogP contribution < -0.4 is 5.32 Å². The van der Waals surface area contributed by atoms with Crippen LogP contribution in [0.1, 0.15) is 69.9 Å². The van der Waals surface area contributed by atoms with Crippen LogP contribution in [0.3, 0.4) is 0 Å². The molecule has 5 nitrogen and oxygen atoms in total. The van der Waals surface area contributed by atoms with E-state index in [1.54, 1.807) is 6.20 Å². The largest absolute Gasteiger partial charge is 0.331 e. The van der Waals surface area contributed by atoms with Gasteiger partial charge in [-0.3, -0.25) is 4.98 Å². The second-order valence-corrected chi connectivity index (χ2v) is 8.08. The quantitative estimate of drug-likeness (QED) is 0.837. The fourth-order valence-corrected chi connectivity index (χ4v) is 4.68. The van der Waals surface area contributed by atoms with E-state index in [1.807, 2.05) is 24.2 Å². The summed E-state index contributed by atoms with van der Waals surface area (Å²) in [5.74, 6) is 0. The summed E-state index contributed by atoms with van der Waals surface area (Å²) in [6.07, 6.45) is 13.1. The Balaban J connectivity index is 1.69. The zero-order chi connectivity index (χ0) is 18.4. The second-order valence-electron chi connectivity index (χ2n) is 8.08. The third-order valence-corrected chi connectivity index (χ3v) is 6.15. The van der Waals surface area contributed by atoms with Gasteiger partial charge < -0.3 is 15.1 Å². The van der Waals surface area contributed by atoms with Crippen LogP contribution in [0.4, 0.5) is 4.79 Å². The van der Waals surface area contributed by atoms with Gasteiger partial charge in [0.15, 0.2) is 0 Å². The van der Waals surface area contributed by atoms with Gasteiger partial charge >= 0.3 is 6.03 Å². The SMILES string of the molecule is CC[C@H](c1cccnc1)N(C)C(=O)NC1(CN2CCCC2)CCCCC1. The lowest BCUT2D eigenvalue weighted by molar-refractivity contribution is 0.135. The highest BCUT2D eigenvalue weighted by molar-refractivity contribution is 5.75. The molecule has 2 amide bonds. The smallest absolute Gasteiger partial charge is 0.318 e. The number of amides is 2. The lowest BCUT2D eigenvalue weighted by atomic mass is 9.81. The van der Waals surface area contributed by atoms with Crippen molar-refractivity contribution in [2.24, 2.45) is 0 Å². The van der Waals surface area contributed by atoms with Gasteiger partial charge in [-0.15, -0.1) is 0 Å². The van der Waals surface area contributed by atoms with E-state index in [2.05, 4.69) is 28.2 Å². The molecule has 0 unspecified atom stereocenters. The molecular weight excluding hydrogens is 324 g/mol. The highest BCUT2D eigenvalue weighted by Gasteiger charge is 2.37. The van der Waals surface area contributed by atoms with Gasteiger partial charge in [-0.1, -0.05) is 32.3 Å². The molecule has 2 heterocycles. The maximum Gasteiger partial charge on any atom is 0.318 e. The van der Waals surface area contributed by atoms with Crippen molar-refractivity contribution < 1.29 is 4.79 Å². The van der Waals surface area contributed by atoms with E-state index in [1.165, 1.54) is 45.2 Å². The molecular formula is C21H34N4O. The van der Waals surface area contributed by atoms with Gasteiger partial charge in [0.25, 0.3) is 0 Å². The van der Waals surface area contributed by atoms with Crippen LogP contribution in [0.25, 0.3) is 0 Å². The molecule has 1 saturated carbocycles. The molecule has 0 bridgehead atoms. The van der Waals surface area contributed by atoms with Crippen molar-refractivity contribution in [2.75, 3.05) is 26.7 Å². The van der Waals surface area contributed by atoms with E-state index < -0.39 is 0 Å². The first-order valence-corrected chi connectivity index (χ1v) is 10.3. The number of carbonyl (C=O) groups is 1. The van der Waals surface area contributed by atoms with Gasteiger partial charge in [-0.2, -0.15) is 0 Å². The lowest BCUT2D eigenvalue weighted by Gasteiger charge is -2.42. The monoisotopic (exact) mass is 358 g/mol. The van der Waals surface area contributed by atoms with Gasteiger partial charge in [-0.05, 0) is 56.8 Å². The highest BCUT2D eigenvalue weighted by atomic mass is 16.2. The van der Waals surface area contributed by atoms with E-state index in [9.17, 15) is 4.79 Å². The van der Waals surface area contributed by atoms with Crippen LogP contribution >= 0.6 is 0 Å². The minimum Gasteiger partial charge on any atom is -0.331 e. The Labute approximate surface area is 158 Å². The second kappa shape index (κ2) is 8.85. The summed E-state index contributed by atoms with van der Waals surface area (Å²) >= 11 is 0. The average molecular weight is 359 g/mol. The topological polar surface area (TPSA) is 48.5 Å². The number of nitrogens with zero attached hydrogens (tertiary/aromatic N) is 3. The molecule has 1 aromatic rings. The van der Waals surface area contributed by atoms with E-state index in [0.29, 0.717) is 0 Å². The summed E-state index contributed by atoms with van der Waals surface area (Å²) in [4.78, 5) is 21.8. The molecule has 0 radical (unpaired) electrons. The number of hydrogen-bond acceptors (Lipinski definition) is 3. The molecule has 3 rings (SSSR count). The van der Waals surface area contributed by atoms with E-state index >= 15 is 0 Å². The van der Waals surface area contributed by atoms with Crippen LogP contribution in [0.2, 0.25) is 0 Å². The minimum absolute atomic E-state index is 0.0544. The average Bonchev–Trinajstić information content (AvgIpc) is 3.16. The summed E-state index contributed by atoms with van der Waals surface area (Å²) < 4.78 is 0. The lowest BCUT2D eigenvalue weighted by Crippen LogP contribution is -2.58. The van der Waals surface area contributed by atoms with E-state index in [-0.39, 0.29) is 17.6 Å². The van der Waals surface area contributed by atoms with E-state index in [4.69, 9.17) is 0 Å². The molecule has 5 heteroatoms. The number of carbonyl (C=O) groups excluding carboxylic acids is 1. The Hall–Kier alpha value is -1.62. The predicted octanol–water partition coefficient (Wildman–Crippen LogP) is 3.97. The Kier molecular flexibility index (Phi) is 6.52. The molecule has 1 atom stereocenters. The third-order valence-electron chi connectivity index (χ3n) is 6.15. The normalized spacial score (nSPS) is 21.3. The molecule has 1 N–H and O–H groups in total. The number of urea groups is 1. The Morgan fingerprint density at radius 3 is 2.62 bits per heavy atom. The standard InChI is InChI=1S/C21H34N4O/c1-3-19(18-10-9-13-22-16-18)24(2)20(26)23-21(11-5-4-6-12-21)17-25-14-7-8-15-25/h9-10,13,16,19H,3-8,11-12,14-15,17H2,1-2H3,(H,23,26)/t19-/m1/s1. The zero-order valence-electron chi connectivity index (χ0n) is 16.4. The number of rotatable bonds is 6. The van der Waals surface area contributed by atoms with Gasteiger partial charge in [0.05, 0.1) is 11.6 Å². The Morgan fingerprint density at radius 2 is 2.00 bits per heavy atom. The highest BCUT2D eigenvalue weighted by Crippen LogP contribution is 2.31. The molecule has 0 spiro atoms. The number of nitrogens with one attached hydrogen (secondary N) is 1. The van der Waals surface area contributed by atoms with Gasteiger partial charge in [-0.25, -0.2) is 4.79 Å². The minimum atomic E-state index is -0.0544. The van der Waals surface area contributed by atoms with Crippen molar-refractivity contribution in [3.05, 3.63) is 30.1 Å². The van der Waals surface area contributed by atoms with Crippen LogP contribution in [0.15, 0.2) is 24.5 Å². The van der Waals surface area contributed by atoms with Crippen molar-refractivity contribution in [3.63, 3.8) is 0 Å². The summed E-state index contributed by atoms with van der Waals surface area (Å²) in [6, 6.07) is 4.13.